The number of halogens is 1. The minimum atomic E-state index is -3.70. The lowest BCUT2D eigenvalue weighted by atomic mass is 9.94. The van der Waals surface area contributed by atoms with Gasteiger partial charge in [0.2, 0.25) is 0 Å². The van der Waals surface area contributed by atoms with Crippen molar-refractivity contribution in [2.75, 3.05) is 14.1 Å². The van der Waals surface area contributed by atoms with Gasteiger partial charge in [-0.05, 0) is 37.5 Å². The van der Waals surface area contributed by atoms with Crippen molar-refractivity contribution in [2.24, 2.45) is 0 Å². The van der Waals surface area contributed by atoms with E-state index in [2.05, 4.69) is 0 Å². The Hall–Kier alpha value is -1.33. The van der Waals surface area contributed by atoms with E-state index in [0.717, 1.165) is 0 Å². The molecule has 0 aliphatic heterocycles. The maximum absolute atomic E-state index is 12.7. The van der Waals surface area contributed by atoms with Gasteiger partial charge in [-0.1, -0.05) is 17.7 Å². The van der Waals surface area contributed by atoms with Crippen molar-refractivity contribution in [2.45, 2.75) is 29.4 Å². The number of hydrogen-bond donors (Lipinski definition) is 0. The topological polar surface area (TPSA) is 54.5 Å². The molecule has 1 aromatic carbocycles. The number of allylic oxidation sites excluding steroid dienone is 1. The highest BCUT2D eigenvalue weighted by Crippen LogP contribution is 2.30. The van der Waals surface area contributed by atoms with E-state index < -0.39 is 15.1 Å². The molecule has 21 heavy (non-hydrogen) atoms. The lowest BCUT2D eigenvalue weighted by molar-refractivity contribution is -0.116. The Labute approximate surface area is 130 Å². The number of nitrogens with zero attached hydrogens (tertiary/aromatic N) is 1. The lowest BCUT2D eigenvalue weighted by Crippen LogP contribution is -2.35. The molecule has 1 aliphatic carbocycles. The maximum Gasteiger partial charge on any atom is 0.188 e. The van der Waals surface area contributed by atoms with Gasteiger partial charge >= 0.3 is 0 Å². The van der Waals surface area contributed by atoms with Crippen LogP contribution in [0.1, 0.15) is 19.3 Å². The molecule has 1 fully saturated rings. The first-order valence-electron chi connectivity index (χ1n) is 6.73. The number of carbonyl (C=O) groups is 1. The standard InChI is InChI=1S/C15H18ClNO3S/c1-17(2)10-11-5-3-8-14(15(11)18)21(19,20)13-7-4-6-12(16)9-13/h4,6-7,9-10,14H,3,5,8H2,1-2H3/b11-10+. The summed E-state index contributed by atoms with van der Waals surface area (Å²) in [4.78, 5) is 14.3. The van der Waals surface area contributed by atoms with Gasteiger partial charge in [0, 0.05) is 30.9 Å². The van der Waals surface area contributed by atoms with E-state index in [-0.39, 0.29) is 10.7 Å². The van der Waals surface area contributed by atoms with Crippen LogP contribution in [0.3, 0.4) is 0 Å². The van der Waals surface area contributed by atoms with Crippen molar-refractivity contribution in [3.63, 3.8) is 0 Å². The van der Waals surface area contributed by atoms with Crippen LogP contribution in [0.2, 0.25) is 5.02 Å². The molecule has 0 saturated heterocycles. The molecule has 0 bridgehead atoms. The second kappa shape index (κ2) is 6.20. The summed E-state index contributed by atoms with van der Waals surface area (Å²) < 4.78 is 25.3. The lowest BCUT2D eigenvalue weighted by Gasteiger charge is -2.24. The van der Waals surface area contributed by atoms with Crippen LogP contribution in [-0.4, -0.2) is 38.4 Å². The zero-order valence-electron chi connectivity index (χ0n) is 12.0. The molecule has 1 aliphatic rings. The van der Waals surface area contributed by atoms with E-state index in [4.69, 9.17) is 11.6 Å². The number of hydrogen-bond acceptors (Lipinski definition) is 4. The third-order valence-corrected chi connectivity index (χ3v) is 5.78. The number of benzene rings is 1. The van der Waals surface area contributed by atoms with E-state index in [1.807, 2.05) is 14.1 Å². The molecule has 1 atom stereocenters. The summed E-state index contributed by atoms with van der Waals surface area (Å²) in [6.07, 6.45) is 3.38. The van der Waals surface area contributed by atoms with E-state index in [1.165, 1.54) is 12.1 Å². The molecule has 4 nitrogen and oxygen atoms in total. The summed E-state index contributed by atoms with van der Waals surface area (Å²) >= 11 is 5.86. The molecule has 0 heterocycles. The Balaban J connectivity index is 2.38. The predicted molar refractivity (Wildman–Crippen MR) is 83.1 cm³/mol. The average Bonchev–Trinajstić information content (AvgIpc) is 2.40. The largest absolute Gasteiger partial charge is 0.383 e. The van der Waals surface area contributed by atoms with Gasteiger partial charge in [-0.3, -0.25) is 4.79 Å². The van der Waals surface area contributed by atoms with Crippen molar-refractivity contribution in [1.82, 2.24) is 4.90 Å². The Kier molecular flexibility index (Phi) is 4.74. The molecular weight excluding hydrogens is 310 g/mol. The van der Waals surface area contributed by atoms with Gasteiger partial charge in [0.25, 0.3) is 0 Å². The maximum atomic E-state index is 12.7. The van der Waals surface area contributed by atoms with Gasteiger partial charge in [0.15, 0.2) is 15.6 Å². The third kappa shape index (κ3) is 3.47. The van der Waals surface area contributed by atoms with E-state index in [0.29, 0.717) is 29.9 Å². The van der Waals surface area contributed by atoms with Crippen LogP contribution >= 0.6 is 11.6 Å². The molecule has 0 N–H and O–H groups in total. The molecule has 0 amide bonds. The van der Waals surface area contributed by atoms with Crippen molar-refractivity contribution in [3.05, 3.63) is 41.1 Å². The van der Waals surface area contributed by atoms with Crippen LogP contribution < -0.4 is 0 Å². The Morgan fingerprint density at radius 2 is 2.05 bits per heavy atom. The van der Waals surface area contributed by atoms with Gasteiger partial charge < -0.3 is 4.90 Å². The number of carbonyl (C=O) groups excluding carboxylic acids is 1. The van der Waals surface area contributed by atoms with Gasteiger partial charge in [0.1, 0.15) is 5.25 Å². The molecule has 0 spiro atoms. The summed E-state index contributed by atoms with van der Waals surface area (Å²) in [5.74, 6) is -0.296. The van der Waals surface area contributed by atoms with Gasteiger partial charge in [-0.2, -0.15) is 0 Å². The fourth-order valence-electron chi connectivity index (χ4n) is 2.48. The fourth-order valence-corrected chi connectivity index (χ4v) is 4.54. The number of Topliss-reactive ketones (excluding diaryl/α,β-unsaturated/α-hetero) is 1. The minimum Gasteiger partial charge on any atom is -0.383 e. The number of sulfone groups is 1. The Morgan fingerprint density at radius 1 is 1.33 bits per heavy atom. The zero-order valence-corrected chi connectivity index (χ0v) is 13.6. The van der Waals surface area contributed by atoms with E-state index in [9.17, 15) is 13.2 Å². The second-order valence-corrected chi connectivity index (χ2v) is 7.93. The quantitative estimate of drug-likeness (QED) is 0.801. The zero-order chi connectivity index (χ0) is 15.6. The Morgan fingerprint density at radius 3 is 2.67 bits per heavy atom. The monoisotopic (exact) mass is 327 g/mol. The first-order chi connectivity index (χ1) is 9.82. The summed E-state index contributed by atoms with van der Waals surface area (Å²) in [6, 6.07) is 6.08. The Bertz CT molecular complexity index is 680. The van der Waals surface area contributed by atoms with Crippen molar-refractivity contribution in [3.8, 4) is 0 Å². The van der Waals surface area contributed by atoms with Crippen LogP contribution in [0.5, 0.6) is 0 Å². The third-order valence-electron chi connectivity index (χ3n) is 3.43. The van der Waals surface area contributed by atoms with Gasteiger partial charge in [-0.15, -0.1) is 0 Å². The second-order valence-electron chi connectivity index (χ2n) is 5.37. The van der Waals surface area contributed by atoms with Crippen LogP contribution in [0.25, 0.3) is 0 Å². The highest BCUT2D eigenvalue weighted by Gasteiger charge is 2.37. The predicted octanol–water partition coefficient (Wildman–Crippen LogP) is 2.68. The van der Waals surface area contributed by atoms with Crippen LogP contribution in [0, 0.1) is 0 Å². The average molecular weight is 328 g/mol. The molecule has 114 valence electrons. The molecule has 1 saturated carbocycles. The molecule has 1 unspecified atom stereocenters. The highest BCUT2D eigenvalue weighted by atomic mass is 35.5. The minimum absolute atomic E-state index is 0.111. The summed E-state index contributed by atoms with van der Waals surface area (Å²) in [6.45, 7) is 0. The normalized spacial score (nSPS) is 21.6. The number of ketones is 1. The van der Waals surface area contributed by atoms with E-state index in [1.54, 1.807) is 23.2 Å². The molecule has 2 rings (SSSR count). The van der Waals surface area contributed by atoms with Crippen molar-refractivity contribution in [1.29, 1.82) is 0 Å². The molecule has 1 aromatic rings. The summed E-state index contributed by atoms with van der Waals surface area (Å²) in [5.41, 5.74) is 0.571. The van der Waals surface area contributed by atoms with Gasteiger partial charge in [0.05, 0.1) is 4.90 Å². The van der Waals surface area contributed by atoms with Gasteiger partial charge in [-0.25, -0.2) is 8.42 Å². The highest BCUT2D eigenvalue weighted by molar-refractivity contribution is 7.92. The molecule has 0 radical (unpaired) electrons. The van der Waals surface area contributed by atoms with Crippen molar-refractivity contribution >= 4 is 27.2 Å². The number of rotatable bonds is 3. The fraction of sp³-hybridized carbons (Fsp3) is 0.400. The van der Waals surface area contributed by atoms with Crippen LogP contribution in [0.4, 0.5) is 0 Å². The first kappa shape index (κ1) is 16.0. The summed E-state index contributed by atoms with van der Waals surface area (Å²) in [7, 11) is -0.0661. The summed E-state index contributed by atoms with van der Waals surface area (Å²) in [5, 5.41) is -0.653. The molecular formula is C15H18ClNO3S. The van der Waals surface area contributed by atoms with Crippen LogP contribution in [0.15, 0.2) is 40.9 Å². The SMILES string of the molecule is CN(C)/C=C1\CCCC(S(=O)(=O)c2cccc(Cl)c2)C1=O. The molecule has 0 aromatic heterocycles. The van der Waals surface area contributed by atoms with Crippen LogP contribution in [-0.2, 0) is 14.6 Å². The molecule has 6 heteroatoms. The van der Waals surface area contributed by atoms with Crippen molar-refractivity contribution < 1.29 is 13.2 Å². The smallest absolute Gasteiger partial charge is 0.188 e. The van der Waals surface area contributed by atoms with E-state index >= 15 is 0 Å². The first-order valence-corrected chi connectivity index (χ1v) is 8.65.